The van der Waals surface area contributed by atoms with E-state index >= 15 is 0 Å². The zero-order chi connectivity index (χ0) is 24.0. The number of aliphatic imine (C=N–C) groups is 1. The molecule has 0 bridgehead atoms. The predicted molar refractivity (Wildman–Crippen MR) is 130 cm³/mol. The van der Waals surface area contributed by atoms with Crippen molar-refractivity contribution in [2.45, 2.75) is 56.0 Å². The van der Waals surface area contributed by atoms with E-state index in [1.165, 1.54) is 15.8 Å². The van der Waals surface area contributed by atoms with Gasteiger partial charge in [0.2, 0.25) is 5.96 Å². The Morgan fingerprint density at radius 1 is 1.32 bits per heavy atom. The first-order valence-electron chi connectivity index (χ1n) is 11.7. The normalized spacial score (nSPS) is 21.7. The first-order chi connectivity index (χ1) is 16.3. The summed E-state index contributed by atoms with van der Waals surface area (Å²) in [6.07, 6.45) is 14.4. The van der Waals surface area contributed by atoms with Gasteiger partial charge in [-0.05, 0) is 55.7 Å². The third kappa shape index (κ3) is 3.73. The van der Waals surface area contributed by atoms with Gasteiger partial charge in [-0.15, -0.1) is 6.42 Å². The minimum absolute atomic E-state index is 0.0203. The van der Waals surface area contributed by atoms with Gasteiger partial charge in [-0.1, -0.05) is 5.92 Å². The zero-order valence-corrected chi connectivity index (χ0v) is 19.5. The number of nitrogens with zero attached hydrogens (tertiary/aromatic N) is 5. The third-order valence-electron chi connectivity index (χ3n) is 7.12. The van der Waals surface area contributed by atoms with E-state index in [9.17, 15) is 15.0 Å². The average Bonchev–Trinajstić information content (AvgIpc) is 3.22. The van der Waals surface area contributed by atoms with Crippen molar-refractivity contribution in [1.29, 1.82) is 0 Å². The molecule has 0 radical (unpaired) electrons. The molecule has 1 aliphatic heterocycles. The molecule has 1 aromatic carbocycles. The van der Waals surface area contributed by atoms with Crippen molar-refractivity contribution < 1.29 is 15.0 Å². The highest BCUT2D eigenvalue weighted by Crippen LogP contribution is 2.47. The van der Waals surface area contributed by atoms with E-state index in [0.29, 0.717) is 29.7 Å². The number of guanidine groups is 1. The monoisotopic (exact) mass is 462 g/mol. The van der Waals surface area contributed by atoms with Crippen LogP contribution >= 0.6 is 0 Å². The summed E-state index contributed by atoms with van der Waals surface area (Å²) in [7, 11) is 3.31. The molecule has 34 heavy (non-hydrogen) atoms. The second-order valence-corrected chi connectivity index (χ2v) is 9.41. The van der Waals surface area contributed by atoms with Crippen molar-refractivity contribution >= 4 is 23.6 Å². The summed E-state index contributed by atoms with van der Waals surface area (Å²) in [6, 6.07) is 3.98. The molecule has 3 aliphatic rings. The van der Waals surface area contributed by atoms with Crippen molar-refractivity contribution in [3.05, 3.63) is 41.2 Å². The number of aryl methyl sites for hydroxylation is 1. The Morgan fingerprint density at radius 3 is 2.76 bits per heavy atom. The summed E-state index contributed by atoms with van der Waals surface area (Å²) in [5.41, 5.74) is 3.50. The Labute approximate surface area is 199 Å². The van der Waals surface area contributed by atoms with Crippen LogP contribution in [0.1, 0.15) is 59.5 Å². The number of aldehydes is 1. The first-order valence-corrected chi connectivity index (χ1v) is 11.7. The molecular formula is C25H30N6O3. The van der Waals surface area contributed by atoms with Gasteiger partial charge in [0.05, 0.1) is 36.1 Å². The molecular weight excluding hydrogens is 432 g/mol. The largest absolute Gasteiger partial charge is 0.374 e. The molecule has 3 N–H and O–H groups in total. The first kappa shape index (κ1) is 22.4. The van der Waals surface area contributed by atoms with Crippen LogP contribution in [0.3, 0.4) is 0 Å². The molecule has 178 valence electrons. The van der Waals surface area contributed by atoms with Gasteiger partial charge in [0.15, 0.2) is 6.29 Å². The van der Waals surface area contributed by atoms with E-state index < -0.39 is 5.91 Å². The molecule has 2 heterocycles. The molecule has 0 amide bonds. The number of benzene rings is 1. The number of carbonyl (C=O) groups excluding carboxylic acids is 1. The predicted octanol–water partition coefficient (Wildman–Crippen LogP) is 1.98. The number of rotatable bonds is 7. The van der Waals surface area contributed by atoms with Gasteiger partial charge in [0.25, 0.3) is 5.91 Å². The fourth-order valence-electron chi connectivity index (χ4n) is 5.15. The number of nitrogens with one attached hydrogen (secondary N) is 1. The summed E-state index contributed by atoms with van der Waals surface area (Å²) < 4.78 is 1.51. The fourth-order valence-corrected chi connectivity index (χ4v) is 5.15. The van der Waals surface area contributed by atoms with Gasteiger partial charge in [-0.2, -0.15) is 5.10 Å². The maximum Gasteiger partial charge on any atom is 0.280 e. The number of anilines is 2. The number of fused-ring (bicyclic) bond motifs is 1. The third-order valence-corrected chi connectivity index (χ3v) is 7.12. The van der Waals surface area contributed by atoms with E-state index in [4.69, 9.17) is 11.4 Å². The van der Waals surface area contributed by atoms with Crippen LogP contribution in [-0.2, 0) is 13.0 Å². The molecule has 0 spiro atoms. The van der Waals surface area contributed by atoms with Crippen LogP contribution in [0.15, 0.2) is 29.5 Å². The molecule has 9 nitrogen and oxygen atoms in total. The smallest absolute Gasteiger partial charge is 0.280 e. The van der Waals surface area contributed by atoms with Crippen molar-refractivity contribution in [2.24, 2.45) is 12.0 Å². The molecule has 1 aromatic heterocycles. The van der Waals surface area contributed by atoms with Crippen LogP contribution in [-0.4, -0.2) is 62.8 Å². The van der Waals surface area contributed by atoms with E-state index in [0.717, 1.165) is 49.6 Å². The van der Waals surface area contributed by atoms with E-state index in [1.54, 1.807) is 20.3 Å². The van der Waals surface area contributed by atoms with Gasteiger partial charge >= 0.3 is 0 Å². The molecule has 9 heteroatoms. The topological polar surface area (TPSA) is 106 Å². The Balaban J connectivity index is 1.59. The molecule has 0 saturated heterocycles. The highest BCUT2D eigenvalue weighted by molar-refractivity contribution is 6.03. The van der Waals surface area contributed by atoms with Crippen LogP contribution in [0.2, 0.25) is 0 Å². The van der Waals surface area contributed by atoms with Gasteiger partial charge in [-0.3, -0.25) is 14.4 Å². The van der Waals surface area contributed by atoms with Crippen molar-refractivity contribution in [3.8, 4) is 12.3 Å². The summed E-state index contributed by atoms with van der Waals surface area (Å²) in [6.45, 7) is 0.379. The van der Waals surface area contributed by atoms with Gasteiger partial charge in [0, 0.05) is 31.5 Å². The van der Waals surface area contributed by atoms with Crippen molar-refractivity contribution in [3.63, 3.8) is 0 Å². The second kappa shape index (κ2) is 8.46. The molecule has 2 fully saturated rings. The number of hydrogen-bond acceptors (Lipinski definition) is 8. The number of aliphatic hydroxyl groups is 2. The standard InChI is InChI=1S/C25H30N6O3/c1-4-10-26-21-12-23(17(15-32)11-19(21)16-8-9-16)31-22-7-5-6-20(22)28-24(31)30(3)25(33,34)18-13-27-29(2)14-18/h1,11-16,20,22,26,33-34H,5-10H2,2-3H3. The number of carbonyl (C=O) groups is 1. The zero-order valence-electron chi connectivity index (χ0n) is 19.5. The lowest BCUT2D eigenvalue weighted by Gasteiger charge is -2.38. The summed E-state index contributed by atoms with van der Waals surface area (Å²) in [5, 5.41) is 29.6. The Morgan fingerprint density at radius 2 is 2.12 bits per heavy atom. The number of hydrogen-bond donors (Lipinski definition) is 3. The maximum absolute atomic E-state index is 12.3. The summed E-state index contributed by atoms with van der Waals surface area (Å²) in [4.78, 5) is 20.5. The van der Waals surface area contributed by atoms with E-state index in [2.05, 4.69) is 16.3 Å². The lowest BCUT2D eigenvalue weighted by Crippen LogP contribution is -2.54. The second-order valence-electron chi connectivity index (χ2n) is 9.41. The lowest BCUT2D eigenvalue weighted by atomic mass is 10.0. The van der Waals surface area contributed by atoms with Crippen LogP contribution in [0.5, 0.6) is 0 Å². The summed E-state index contributed by atoms with van der Waals surface area (Å²) in [5.74, 6) is 1.13. The molecule has 2 aromatic rings. The molecule has 2 aliphatic carbocycles. The Bertz CT molecular complexity index is 1180. The number of aromatic nitrogens is 2. The highest BCUT2D eigenvalue weighted by Gasteiger charge is 2.47. The minimum Gasteiger partial charge on any atom is -0.374 e. The van der Waals surface area contributed by atoms with Crippen LogP contribution in [0, 0.1) is 12.3 Å². The Hall–Kier alpha value is -3.35. The van der Waals surface area contributed by atoms with Gasteiger partial charge in [-0.25, -0.2) is 4.99 Å². The highest BCUT2D eigenvalue weighted by atomic mass is 16.5. The van der Waals surface area contributed by atoms with E-state index in [-0.39, 0.29) is 17.6 Å². The van der Waals surface area contributed by atoms with Crippen molar-refractivity contribution in [2.75, 3.05) is 23.8 Å². The molecule has 5 rings (SSSR count). The van der Waals surface area contributed by atoms with Crippen LogP contribution in [0.25, 0.3) is 0 Å². The lowest BCUT2D eigenvalue weighted by molar-refractivity contribution is -0.243. The van der Waals surface area contributed by atoms with Crippen molar-refractivity contribution in [1.82, 2.24) is 14.7 Å². The van der Waals surface area contributed by atoms with E-state index in [1.807, 2.05) is 17.0 Å². The molecule has 2 saturated carbocycles. The fraction of sp³-hybridized carbons (Fsp3) is 0.480. The molecule has 2 unspecified atom stereocenters. The maximum atomic E-state index is 12.3. The van der Waals surface area contributed by atoms with Gasteiger partial charge in [0.1, 0.15) is 0 Å². The van der Waals surface area contributed by atoms with Crippen LogP contribution < -0.4 is 10.2 Å². The quantitative estimate of drug-likeness (QED) is 0.328. The molecule has 2 atom stereocenters. The minimum atomic E-state index is -2.33. The number of terminal acetylenes is 1. The Kier molecular flexibility index (Phi) is 5.58. The SMILES string of the molecule is C#CCNc1cc(N2C(N(C)C(O)(O)c3cnn(C)c3)=NC3CCCC32)c(C=O)cc1C1CC1. The van der Waals surface area contributed by atoms with Crippen LogP contribution in [0.4, 0.5) is 11.4 Å². The average molecular weight is 463 g/mol. The van der Waals surface area contributed by atoms with Gasteiger partial charge < -0.3 is 20.4 Å². The summed E-state index contributed by atoms with van der Waals surface area (Å²) >= 11 is 0.